The maximum absolute atomic E-state index is 10.3. The fourth-order valence-electron chi connectivity index (χ4n) is 2.52. The quantitative estimate of drug-likeness (QED) is 0.321. The van der Waals surface area contributed by atoms with E-state index in [0.29, 0.717) is 0 Å². The Kier molecular flexibility index (Phi) is 14.5. The van der Waals surface area contributed by atoms with E-state index in [1.165, 1.54) is 47.5 Å². The maximum atomic E-state index is 10.3. The zero-order valence-corrected chi connectivity index (χ0v) is 19.9. The van der Waals surface area contributed by atoms with Crippen LogP contribution in [0.1, 0.15) is 0 Å². The topological polar surface area (TPSA) is 69.2 Å². The smallest absolute Gasteiger partial charge is 0.872 e. The van der Waals surface area contributed by atoms with E-state index in [-0.39, 0.29) is 34.6 Å². The van der Waals surface area contributed by atoms with E-state index < -0.39 is 0 Å². The van der Waals surface area contributed by atoms with E-state index in [2.05, 4.69) is 48.5 Å². The Hall–Kier alpha value is -3.97. The van der Waals surface area contributed by atoms with Gasteiger partial charge in [0.05, 0.1) is 0 Å². The van der Waals surface area contributed by atoms with Gasteiger partial charge in [-0.1, -0.05) is 152 Å². The van der Waals surface area contributed by atoms with Crippen LogP contribution in [0, 0.1) is 0 Å². The Morgan fingerprint density at radius 3 is 0.588 bits per heavy atom. The molecule has 0 saturated heterocycles. The third-order valence-corrected chi connectivity index (χ3v) is 4.11. The SMILES string of the molecule is [Al+3].[O-]c1ccccc1.[O-]c1ccccc1.[O-]c1ccccc1.c1ccc(-c2ccccc2)cc1. The summed E-state index contributed by atoms with van der Waals surface area (Å²) in [6.45, 7) is 0. The molecule has 0 saturated carbocycles. The molecule has 0 heterocycles. The van der Waals surface area contributed by atoms with Crippen molar-refractivity contribution < 1.29 is 15.3 Å². The molecule has 0 bridgehead atoms. The Morgan fingerprint density at radius 1 is 0.265 bits per heavy atom. The van der Waals surface area contributed by atoms with Crippen LogP contribution in [0.3, 0.4) is 0 Å². The summed E-state index contributed by atoms with van der Waals surface area (Å²) in [6, 6.07) is 45.8. The summed E-state index contributed by atoms with van der Waals surface area (Å²) in [6.07, 6.45) is 0. The van der Waals surface area contributed by atoms with Crippen molar-refractivity contribution >= 4 is 17.4 Å². The number of para-hydroxylation sites is 3. The fraction of sp³-hybridized carbons (Fsp3) is 0. The number of benzene rings is 5. The molecule has 5 rings (SSSR count). The third-order valence-electron chi connectivity index (χ3n) is 4.11. The molecule has 166 valence electrons. The zero-order chi connectivity index (χ0) is 23.6. The number of hydrogen-bond donors (Lipinski definition) is 0. The van der Waals surface area contributed by atoms with Gasteiger partial charge in [0.2, 0.25) is 0 Å². The van der Waals surface area contributed by atoms with Gasteiger partial charge >= 0.3 is 17.4 Å². The van der Waals surface area contributed by atoms with Crippen molar-refractivity contribution in [2.24, 2.45) is 0 Å². The molecule has 4 heteroatoms. The van der Waals surface area contributed by atoms with Gasteiger partial charge in [-0.15, -0.1) is 17.2 Å². The predicted octanol–water partition coefficient (Wildman–Crippen LogP) is 5.25. The standard InChI is InChI=1S/C12H10.3C6H6O.Al/c1-3-7-11(8-4-1)12-9-5-2-6-10-12;3*7-6-4-2-1-3-5-6;/h1-10H;3*1-5,7H;/q;;;;+3/p-3. The van der Waals surface area contributed by atoms with E-state index in [9.17, 15) is 15.3 Å². The Balaban J connectivity index is 0.000000233. The van der Waals surface area contributed by atoms with Crippen molar-refractivity contribution in [3.05, 3.63) is 152 Å². The van der Waals surface area contributed by atoms with Gasteiger partial charge < -0.3 is 15.3 Å². The van der Waals surface area contributed by atoms with Crippen LogP contribution in [0.15, 0.2) is 152 Å². The second-order valence-electron chi connectivity index (χ2n) is 6.67. The molecule has 0 radical (unpaired) electrons. The molecule has 0 aliphatic carbocycles. The van der Waals surface area contributed by atoms with Crippen LogP contribution in [0.2, 0.25) is 0 Å². The van der Waals surface area contributed by atoms with Gasteiger partial charge in [-0.2, -0.15) is 0 Å². The van der Waals surface area contributed by atoms with Gasteiger partial charge in [0.25, 0.3) is 0 Å². The minimum atomic E-state index is 0. The van der Waals surface area contributed by atoms with Crippen molar-refractivity contribution in [1.82, 2.24) is 0 Å². The van der Waals surface area contributed by atoms with E-state index in [1.54, 1.807) is 36.4 Å². The minimum absolute atomic E-state index is 0. The molecule has 0 aromatic heterocycles. The fourth-order valence-corrected chi connectivity index (χ4v) is 2.52. The van der Waals surface area contributed by atoms with Gasteiger partial charge in [0.1, 0.15) is 0 Å². The maximum Gasteiger partial charge on any atom is 3.00 e. The van der Waals surface area contributed by atoms with Crippen LogP contribution in [0.5, 0.6) is 17.2 Å². The van der Waals surface area contributed by atoms with E-state index in [1.807, 2.05) is 30.3 Å². The molecule has 0 N–H and O–H groups in total. The van der Waals surface area contributed by atoms with Gasteiger partial charge in [0, 0.05) is 0 Å². The van der Waals surface area contributed by atoms with Gasteiger partial charge in [0.15, 0.2) is 0 Å². The van der Waals surface area contributed by atoms with E-state index >= 15 is 0 Å². The molecule has 34 heavy (non-hydrogen) atoms. The molecule has 0 aliphatic rings. The molecule has 0 aliphatic heterocycles. The summed E-state index contributed by atoms with van der Waals surface area (Å²) in [7, 11) is 0. The van der Waals surface area contributed by atoms with Crippen molar-refractivity contribution in [3.63, 3.8) is 0 Å². The second kappa shape index (κ2) is 17.6. The summed E-state index contributed by atoms with van der Waals surface area (Å²) >= 11 is 0. The number of hydrogen-bond acceptors (Lipinski definition) is 3. The summed E-state index contributed by atoms with van der Waals surface area (Å²) < 4.78 is 0. The first-order chi connectivity index (χ1) is 16.1. The summed E-state index contributed by atoms with van der Waals surface area (Å²) in [5, 5.41) is 30.8. The normalized spacial score (nSPS) is 8.71. The molecule has 0 amide bonds. The Morgan fingerprint density at radius 2 is 0.441 bits per heavy atom. The molecule has 0 spiro atoms. The van der Waals surface area contributed by atoms with E-state index in [0.717, 1.165) is 0 Å². The van der Waals surface area contributed by atoms with Crippen LogP contribution in [0.25, 0.3) is 11.1 Å². The molecule has 3 nitrogen and oxygen atoms in total. The van der Waals surface area contributed by atoms with Crippen molar-refractivity contribution in [2.75, 3.05) is 0 Å². The van der Waals surface area contributed by atoms with Crippen LogP contribution < -0.4 is 15.3 Å². The first kappa shape index (κ1) is 28.1. The molecule has 5 aromatic carbocycles. The van der Waals surface area contributed by atoms with Gasteiger partial charge in [-0.05, 0) is 11.1 Å². The summed E-state index contributed by atoms with van der Waals surface area (Å²) in [5.41, 5.74) is 2.55. The molecule has 0 fully saturated rings. The predicted molar refractivity (Wildman–Crippen MR) is 135 cm³/mol. The first-order valence-corrected chi connectivity index (χ1v) is 10.4. The molecule has 0 unspecified atom stereocenters. The summed E-state index contributed by atoms with van der Waals surface area (Å²) in [5.74, 6) is 0.215. The van der Waals surface area contributed by atoms with Gasteiger partial charge in [-0.3, -0.25) is 0 Å². The molecular formula is C30H25AlO3. The average molecular weight is 461 g/mol. The molecule has 5 aromatic rings. The van der Waals surface area contributed by atoms with Crippen molar-refractivity contribution in [1.29, 1.82) is 0 Å². The Labute approximate surface area is 212 Å². The van der Waals surface area contributed by atoms with Crippen LogP contribution in [-0.2, 0) is 0 Å². The largest absolute Gasteiger partial charge is 3.00 e. The minimum Gasteiger partial charge on any atom is -0.872 e. The van der Waals surface area contributed by atoms with Gasteiger partial charge in [-0.25, -0.2) is 0 Å². The van der Waals surface area contributed by atoms with Crippen molar-refractivity contribution in [3.8, 4) is 28.4 Å². The average Bonchev–Trinajstić information content (AvgIpc) is 2.88. The third kappa shape index (κ3) is 12.8. The van der Waals surface area contributed by atoms with Crippen LogP contribution in [0.4, 0.5) is 0 Å². The van der Waals surface area contributed by atoms with Crippen LogP contribution >= 0.6 is 0 Å². The Bertz CT molecular complexity index is 980. The number of rotatable bonds is 1. The van der Waals surface area contributed by atoms with Crippen molar-refractivity contribution in [2.45, 2.75) is 0 Å². The second-order valence-corrected chi connectivity index (χ2v) is 6.67. The molecular weight excluding hydrogens is 435 g/mol. The molecule has 0 atom stereocenters. The zero-order valence-electron chi connectivity index (χ0n) is 18.7. The summed E-state index contributed by atoms with van der Waals surface area (Å²) in [4.78, 5) is 0. The van der Waals surface area contributed by atoms with Crippen LogP contribution in [-0.4, -0.2) is 17.4 Å². The monoisotopic (exact) mass is 460 g/mol. The first-order valence-electron chi connectivity index (χ1n) is 10.4. The van der Waals surface area contributed by atoms with E-state index in [4.69, 9.17) is 0 Å².